The summed E-state index contributed by atoms with van der Waals surface area (Å²) in [6.45, 7) is 9.34. The number of carbonyl (C=O) groups excluding carboxylic acids is 3. The normalized spacial score (nSPS) is 26.0. The molecule has 1 aromatic heterocycles. The molecule has 7 N–H and O–H groups in total. The lowest BCUT2D eigenvalue weighted by Crippen LogP contribution is -2.48. The Kier molecular flexibility index (Phi) is 11.5. The van der Waals surface area contributed by atoms with Crippen molar-refractivity contribution in [3.8, 4) is 0 Å². The second kappa shape index (κ2) is 14.3. The second-order valence-electron chi connectivity index (χ2n) is 13.6. The monoisotopic (exact) mass is 619 g/mol. The minimum atomic E-state index is -1.71. The molecule has 1 aliphatic heterocycles. The van der Waals surface area contributed by atoms with E-state index in [4.69, 9.17) is 25.4 Å². The lowest BCUT2D eigenvalue weighted by atomic mass is 9.87. The highest BCUT2D eigenvalue weighted by Gasteiger charge is 2.56. The van der Waals surface area contributed by atoms with E-state index in [0.29, 0.717) is 5.69 Å². The van der Waals surface area contributed by atoms with Crippen molar-refractivity contribution in [3.05, 3.63) is 23.5 Å². The molecular weight excluding hydrogens is 570 g/mol. The summed E-state index contributed by atoms with van der Waals surface area (Å²) in [6, 6.07) is 2.16. The first-order valence-electron chi connectivity index (χ1n) is 15.3. The maximum absolute atomic E-state index is 13.0. The van der Waals surface area contributed by atoms with Gasteiger partial charge in [-0.3, -0.25) is 19.8 Å². The van der Waals surface area contributed by atoms with Crippen LogP contribution in [-0.2, 0) is 34.2 Å². The van der Waals surface area contributed by atoms with E-state index in [0.717, 1.165) is 32.0 Å². The maximum Gasteiger partial charge on any atom is 0.323 e. The van der Waals surface area contributed by atoms with Crippen molar-refractivity contribution >= 4 is 30.0 Å². The number of esters is 2. The van der Waals surface area contributed by atoms with Crippen LogP contribution in [0.4, 0.5) is 0 Å². The van der Waals surface area contributed by atoms with Crippen molar-refractivity contribution in [2.24, 2.45) is 22.1 Å². The molecule has 0 bridgehead atoms. The molecule has 246 valence electrons. The van der Waals surface area contributed by atoms with Crippen LogP contribution in [-0.4, -0.2) is 81.8 Å². The molecule has 2 fully saturated rings. The van der Waals surface area contributed by atoms with Gasteiger partial charge in [0, 0.05) is 6.42 Å². The summed E-state index contributed by atoms with van der Waals surface area (Å²) in [4.78, 5) is 45.2. The van der Waals surface area contributed by atoms with Gasteiger partial charge in [0.1, 0.15) is 42.4 Å². The van der Waals surface area contributed by atoms with Gasteiger partial charge >= 0.3 is 11.9 Å². The van der Waals surface area contributed by atoms with Crippen LogP contribution < -0.4 is 11.1 Å². The first-order chi connectivity index (χ1) is 20.5. The summed E-state index contributed by atoms with van der Waals surface area (Å²) >= 11 is 0. The zero-order chi connectivity index (χ0) is 32.9. The summed E-state index contributed by atoms with van der Waals surface area (Å²) in [5.41, 5.74) is 2.94. The molecule has 0 spiro atoms. The van der Waals surface area contributed by atoms with E-state index in [9.17, 15) is 24.6 Å². The number of nitrogens with one attached hydrogen (secondary N) is 3. The third kappa shape index (κ3) is 8.74. The van der Waals surface area contributed by atoms with Crippen LogP contribution in [0.2, 0.25) is 0 Å². The molecule has 1 aromatic rings. The van der Waals surface area contributed by atoms with Crippen LogP contribution in [0.5, 0.6) is 0 Å². The Morgan fingerprint density at radius 2 is 1.84 bits per heavy atom. The van der Waals surface area contributed by atoms with E-state index >= 15 is 0 Å². The third-order valence-electron chi connectivity index (χ3n) is 8.37. The number of aliphatic imine (C=N–C) groups is 1. The van der Waals surface area contributed by atoms with Gasteiger partial charge in [0.15, 0.2) is 11.9 Å². The Morgan fingerprint density at radius 3 is 2.41 bits per heavy atom. The molecule has 2 aliphatic rings. The largest absolute Gasteiger partial charge is 0.463 e. The number of rotatable bonds is 10. The molecule has 1 amide bonds. The summed E-state index contributed by atoms with van der Waals surface area (Å²) < 4.78 is 17.6. The minimum absolute atomic E-state index is 0.0439. The van der Waals surface area contributed by atoms with Gasteiger partial charge in [-0.1, -0.05) is 46.5 Å². The van der Waals surface area contributed by atoms with Crippen LogP contribution in [0.3, 0.4) is 0 Å². The Bertz CT molecular complexity index is 1210. The van der Waals surface area contributed by atoms with Gasteiger partial charge in [-0.05, 0) is 57.1 Å². The average molecular weight is 620 g/mol. The average Bonchev–Trinajstić information content (AvgIpc) is 3.42. The highest BCUT2D eigenvalue weighted by atomic mass is 16.6. The van der Waals surface area contributed by atoms with Gasteiger partial charge in [-0.25, -0.2) is 4.99 Å². The second-order valence-corrected chi connectivity index (χ2v) is 13.6. The van der Waals surface area contributed by atoms with E-state index in [1.165, 1.54) is 26.7 Å². The van der Waals surface area contributed by atoms with E-state index in [-0.39, 0.29) is 36.4 Å². The molecule has 2 heterocycles. The number of amidine groups is 1. The molecule has 0 unspecified atom stereocenters. The summed E-state index contributed by atoms with van der Waals surface area (Å²) in [5.74, 6) is -1.64. The third-order valence-corrected chi connectivity index (χ3v) is 8.37. The van der Waals surface area contributed by atoms with Gasteiger partial charge < -0.3 is 40.5 Å². The number of carbonyl (C=O) groups is 3. The first-order valence-corrected chi connectivity index (χ1v) is 15.3. The number of H-pyrrole nitrogens is 1. The van der Waals surface area contributed by atoms with Gasteiger partial charge in [0.25, 0.3) is 5.91 Å². The molecule has 44 heavy (non-hydrogen) atoms. The predicted octanol–water partition coefficient (Wildman–Crippen LogP) is 2.42. The van der Waals surface area contributed by atoms with Crippen LogP contribution >= 0.6 is 0 Å². The quantitative estimate of drug-likeness (QED) is 0.0981. The Balaban J connectivity index is 1.84. The lowest BCUT2D eigenvalue weighted by molar-refractivity contribution is -0.163. The number of aliphatic hydroxyl groups excluding tert-OH is 1. The van der Waals surface area contributed by atoms with Gasteiger partial charge in [0.05, 0.1) is 11.4 Å². The Morgan fingerprint density at radius 1 is 1.20 bits per heavy atom. The fourth-order valence-electron chi connectivity index (χ4n) is 5.38. The summed E-state index contributed by atoms with van der Waals surface area (Å²) in [5, 5.41) is 31.5. The molecule has 13 heteroatoms. The minimum Gasteiger partial charge on any atom is -0.463 e. The Hall–Kier alpha value is -3.13. The number of aliphatic hydroxyl groups is 2. The number of ether oxygens (including phenoxy) is 3. The predicted molar refractivity (Wildman–Crippen MR) is 163 cm³/mol. The number of nitrogens with two attached hydrogens (primary N) is 1. The fraction of sp³-hybridized carbons (Fsp3) is 0.710. The number of amides is 1. The SMILES string of the molecule is CC(C)(O)C(=O)N/C(=N/C=N)c1ccc([C@]2(C)O[C@H](COC(=O)CC3CCCCCC3)[C@@H](OC(=O)[C@@H](N)C(C)(C)C)[C@H]2O)[nH]1. The van der Waals surface area contributed by atoms with Crippen LogP contribution in [0.1, 0.15) is 97.9 Å². The molecule has 1 saturated carbocycles. The highest BCUT2D eigenvalue weighted by molar-refractivity contribution is 6.10. The summed E-state index contributed by atoms with van der Waals surface area (Å²) in [7, 11) is 0. The summed E-state index contributed by atoms with van der Waals surface area (Å²) in [6.07, 6.45) is 3.85. The topological polar surface area (TPSA) is 209 Å². The first kappa shape index (κ1) is 35.4. The molecule has 0 radical (unpaired) electrons. The van der Waals surface area contributed by atoms with Crippen molar-refractivity contribution in [1.82, 2.24) is 10.3 Å². The van der Waals surface area contributed by atoms with Crippen molar-refractivity contribution < 1.29 is 38.8 Å². The maximum atomic E-state index is 13.0. The highest BCUT2D eigenvalue weighted by Crippen LogP contribution is 2.41. The smallest absolute Gasteiger partial charge is 0.323 e. The van der Waals surface area contributed by atoms with Gasteiger partial charge in [0.2, 0.25) is 0 Å². The van der Waals surface area contributed by atoms with E-state index in [2.05, 4.69) is 15.3 Å². The molecule has 5 atom stereocenters. The molecule has 0 aromatic carbocycles. The zero-order valence-corrected chi connectivity index (χ0v) is 26.6. The van der Waals surface area contributed by atoms with Gasteiger partial charge in [-0.2, -0.15) is 0 Å². The number of hydrogen-bond donors (Lipinski definition) is 6. The molecule has 1 saturated heterocycles. The van der Waals surface area contributed by atoms with E-state index < -0.39 is 52.8 Å². The van der Waals surface area contributed by atoms with Crippen LogP contribution in [0, 0.1) is 16.7 Å². The molecule has 13 nitrogen and oxygen atoms in total. The Labute approximate surface area is 258 Å². The molecule has 1 aliphatic carbocycles. The number of hydrogen-bond acceptors (Lipinski definition) is 10. The van der Waals surface area contributed by atoms with Gasteiger partial charge in [-0.15, -0.1) is 0 Å². The lowest BCUT2D eigenvalue weighted by Gasteiger charge is -2.29. The van der Waals surface area contributed by atoms with E-state index in [1.807, 2.05) is 0 Å². The van der Waals surface area contributed by atoms with Crippen molar-refractivity contribution in [3.63, 3.8) is 0 Å². The van der Waals surface area contributed by atoms with Crippen LogP contribution in [0.25, 0.3) is 0 Å². The number of aromatic nitrogens is 1. The number of nitrogens with zero attached hydrogens (tertiary/aromatic N) is 1. The van der Waals surface area contributed by atoms with Crippen LogP contribution in [0.15, 0.2) is 17.1 Å². The van der Waals surface area contributed by atoms with Crippen molar-refractivity contribution in [2.45, 2.75) is 122 Å². The van der Waals surface area contributed by atoms with E-state index in [1.54, 1.807) is 39.8 Å². The zero-order valence-electron chi connectivity index (χ0n) is 26.6. The molecular formula is C31H49N5O8. The fourth-order valence-corrected chi connectivity index (χ4v) is 5.38. The molecule has 3 rings (SSSR count). The standard InChI is InChI=1S/C31H49N5O8/c1-29(2,3)24(33)27(39)43-23-20(16-42-22(37)15-18-11-9-7-8-10-12-18)44-31(6,25(23)38)21-14-13-19(35-21)26(34-17-32)36-28(40)30(4,5)41/h13-14,17-18,20,23-25,35,38,41H,7-12,15-16,33H2,1-6H3,(H2,32,34,36,40)/t20-,23-,24-,25-,31+/m1/s1. The van der Waals surface area contributed by atoms with Crippen molar-refractivity contribution in [2.75, 3.05) is 6.61 Å². The number of aromatic amines is 1. The van der Waals surface area contributed by atoms with Crippen molar-refractivity contribution in [1.29, 1.82) is 5.41 Å².